The number of fused-ring (bicyclic) bond motifs is 3. The quantitative estimate of drug-likeness (QED) is 0.410. The number of anilines is 2. The van der Waals surface area contributed by atoms with Crippen molar-refractivity contribution in [3.8, 4) is 11.5 Å². The van der Waals surface area contributed by atoms with Crippen LogP contribution in [0.1, 0.15) is 28.1 Å². The summed E-state index contributed by atoms with van der Waals surface area (Å²) in [6.45, 7) is 3.85. The Hall–Kier alpha value is -3.21. The van der Waals surface area contributed by atoms with Crippen LogP contribution in [0, 0.1) is 0 Å². The molecular formula is C27H27N3O5S2. The Morgan fingerprint density at radius 1 is 0.892 bits per heavy atom. The summed E-state index contributed by atoms with van der Waals surface area (Å²) in [5.74, 6) is 1.06. The van der Waals surface area contributed by atoms with Gasteiger partial charge in [-0.25, -0.2) is 8.42 Å². The summed E-state index contributed by atoms with van der Waals surface area (Å²) in [5.41, 5.74) is 3.18. The predicted octanol–water partition coefficient (Wildman–Crippen LogP) is 4.51. The van der Waals surface area contributed by atoms with Crippen molar-refractivity contribution in [2.45, 2.75) is 22.0 Å². The number of rotatable bonds is 4. The number of piperazine rings is 1. The van der Waals surface area contributed by atoms with Gasteiger partial charge in [-0.15, -0.1) is 0 Å². The molecule has 0 spiro atoms. The number of ether oxygens (including phenoxy) is 2. The second kappa shape index (κ2) is 9.59. The highest BCUT2D eigenvalue weighted by atomic mass is 32.2. The van der Waals surface area contributed by atoms with E-state index in [0.29, 0.717) is 43.4 Å². The molecule has 1 atom stereocenters. The van der Waals surface area contributed by atoms with Crippen LogP contribution in [0.15, 0.2) is 70.5 Å². The number of amides is 1. The maximum atomic E-state index is 13.5. The molecule has 3 aliphatic heterocycles. The zero-order valence-corrected chi connectivity index (χ0v) is 22.0. The van der Waals surface area contributed by atoms with E-state index in [2.05, 4.69) is 11.4 Å². The van der Waals surface area contributed by atoms with Crippen molar-refractivity contribution in [3.05, 3.63) is 71.8 Å². The van der Waals surface area contributed by atoms with Gasteiger partial charge in [0.15, 0.2) is 11.5 Å². The first-order valence-electron chi connectivity index (χ1n) is 12.3. The maximum Gasteiger partial charge on any atom is 0.254 e. The van der Waals surface area contributed by atoms with E-state index in [0.717, 1.165) is 26.7 Å². The maximum absolute atomic E-state index is 13.5. The number of hydrogen-bond donors (Lipinski definition) is 1. The van der Waals surface area contributed by atoms with E-state index in [1.54, 1.807) is 41.8 Å². The molecule has 0 aliphatic carbocycles. The first-order valence-corrected chi connectivity index (χ1v) is 14.6. The first-order chi connectivity index (χ1) is 17.9. The normalized spacial score (nSPS) is 17.8. The molecule has 1 saturated heterocycles. The zero-order valence-electron chi connectivity index (χ0n) is 20.3. The van der Waals surface area contributed by atoms with E-state index in [1.165, 1.54) is 4.31 Å². The average molecular weight is 538 g/mol. The molecule has 0 radical (unpaired) electrons. The molecule has 10 heteroatoms. The Kier molecular flexibility index (Phi) is 6.26. The van der Waals surface area contributed by atoms with Gasteiger partial charge in [0.2, 0.25) is 10.0 Å². The topological polar surface area (TPSA) is 88.2 Å². The standard InChI is InChI=1S/C27H27N3O5S2/c1-18(19-7-9-26-22(16-19)28-21-4-2-3-5-25(21)36-26)37(32,33)30-12-10-29(11-13-30)27(31)20-6-8-23-24(17-20)35-15-14-34-23/h2-9,16-18,28H,10-15H2,1H3. The van der Waals surface area contributed by atoms with Crippen LogP contribution in [0.3, 0.4) is 0 Å². The van der Waals surface area contributed by atoms with E-state index >= 15 is 0 Å². The minimum absolute atomic E-state index is 0.138. The van der Waals surface area contributed by atoms with Gasteiger partial charge in [-0.05, 0) is 55.0 Å². The van der Waals surface area contributed by atoms with E-state index in [4.69, 9.17) is 9.47 Å². The molecule has 0 aromatic heterocycles. The summed E-state index contributed by atoms with van der Waals surface area (Å²) in [5, 5.41) is 2.72. The smallest absolute Gasteiger partial charge is 0.254 e. The lowest BCUT2D eigenvalue weighted by molar-refractivity contribution is 0.0696. The lowest BCUT2D eigenvalue weighted by atomic mass is 10.1. The lowest BCUT2D eigenvalue weighted by Gasteiger charge is -2.35. The Labute approximate surface area is 220 Å². The number of nitrogens with zero attached hydrogens (tertiary/aromatic N) is 2. The van der Waals surface area contributed by atoms with Gasteiger partial charge in [0.25, 0.3) is 5.91 Å². The Balaban J connectivity index is 1.13. The zero-order chi connectivity index (χ0) is 25.6. The first kappa shape index (κ1) is 24.1. The van der Waals surface area contributed by atoms with Crippen molar-refractivity contribution < 1.29 is 22.7 Å². The fraction of sp³-hybridized carbons (Fsp3) is 0.296. The van der Waals surface area contributed by atoms with Gasteiger partial charge in [0.05, 0.1) is 16.6 Å². The van der Waals surface area contributed by atoms with Crippen LogP contribution in [0.25, 0.3) is 0 Å². The van der Waals surface area contributed by atoms with Gasteiger partial charge < -0.3 is 19.7 Å². The number of carbonyl (C=O) groups is 1. The van der Waals surface area contributed by atoms with E-state index in [-0.39, 0.29) is 19.0 Å². The monoisotopic (exact) mass is 537 g/mol. The molecule has 8 nitrogen and oxygen atoms in total. The summed E-state index contributed by atoms with van der Waals surface area (Å²) in [6.07, 6.45) is 0. The summed E-state index contributed by atoms with van der Waals surface area (Å²) in [4.78, 5) is 17.0. The number of hydrogen-bond acceptors (Lipinski definition) is 7. The van der Waals surface area contributed by atoms with Crippen molar-refractivity contribution in [1.29, 1.82) is 0 Å². The van der Waals surface area contributed by atoms with Crippen LogP contribution >= 0.6 is 11.8 Å². The van der Waals surface area contributed by atoms with Gasteiger partial charge >= 0.3 is 0 Å². The van der Waals surface area contributed by atoms with Crippen molar-refractivity contribution in [3.63, 3.8) is 0 Å². The van der Waals surface area contributed by atoms with E-state index in [9.17, 15) is 13.2 Å². The number of sulfonamides is 1. The molecule has 1 N–H and O–H groups in total. The fourth-order valence-electron chi connectivity index (χ4n) is 4.81. The second-order valence-electron chi connectivity index (χ2n) is 9.22. The molecule has 1 unspecified atom stereocenters. The van der Waals surface area contributed by atoms with E-state index < -0.39 is 15.3 Å². The third-order valence-corrected chi connectivity index (χ3v) is 10.4. The molecule has 0 saturated carbocycles. The van der Waals surface area contributed by atoms with Gasteiger partial charge in [0.1, 0.15) is 13.2 Å². The lowest BCUT2D eigenvalue weighted by Crippen LogP contribution is -2.51. The molecule has 1 amide bonds. The van der Waals surface area contributed by atoms with Crippen molar-refractivity contribution in [2.24, 2.45) is 0 Å². The van der Waals surface area contributed by atoms with Gasteiger partial charge in [-0.2, -0.15) is 4.31 Å². The molecular weight excluding hydrogens is 510 g/mol. The van der Waals surface area contributed by atoms with E-state index in [1.807, 2.05) is 36.4 Å². The summed E-state index contributed by atoms with van der Waals surface area (Å²) < 4.78 is 39.7. The Morgan fingerprint density at radius 3 is 2.43 bits per heavy atom. The second-order valence-corrected chi connectivity index (χ2v) is 12.6. The summed E-state index contributed by atoms with van der Waals surface area (Å²) in [6, 6.07) is 19.0. The van der Waals surface area contributed by atoms with Crippen LogP contribution in [-0.4, -0.2) is 62.9 Å². The Morgan fingerprint density at radius 2 is 1.62 bits per heavy atom. The third kappa shape index (κ3) is 4.54. The van der Waals surface area contributed by atoms with Gasteiger partial charge in [-0.3, -0.25) is 4.79 Å². The van der Waals surface area contributed by atoms with Crippen LogP contribution in [0.4, 0.5) is 11.4 Å². The fourth-order valence-corrected chi connectivity index (χ4v) is 7.39. The molecule has 3 aromatic carbocycles. The molecule has 0 bridgehead atoms. The number of benzene rings is 3. The van der Waals surface area contributed by atoms with Gasteiger partial charge in [0, 0.05) is 41.5 Å². The van der Waals surface area contributed by atoms with Gasteiger partial charge in [-0.1, -0.05) is 30.0 Å². The largest absolute Gasteiger partial charge is 0.486 e. The highest BCUT2D eigenvalue weighted by Gasteiger charge is 2.34. The van der Waals surface area contributed by atoms with Crippen molar-refractivity contribution in [1.82, 2.24) is 9.21 Å². The van der Waals surface area contributed by atoms with Crippen LogP contribution in [0.5, 0.6) is 11.5 Å². The molecule has 3 heterocycles. The van der Waals surface area contributed by atoms with Crippen LogP contribution in [-0.2, 0) is 10.0 Å². The summed E-state index contributed by atoms with van der Waals surface area (Å²) in [7, 11) is -3.60. The molecule has 37 heavy (non-hydrogen) atoms. The number of carbonyl (C=O) groups excluding carboxylic acids is 1. The minimum atomic E-state index is -3.60. The van der Waals surface area contributed by atoms with Crippen molar-refractivity contribution in [2.75, 3.05) is 44.7 Å². The SMILES string of the molecule is CC(c1ccc2c(c1)Nc1ccccc1S2)S(=O)(=O)N1CCN(C(=O)c2ccc3c(c2)OCCO3)CC1. The molecule has 3 aromatic rings. The predicted molar refractivity (Wildman–Crippen MR) is 143 cm³/mol. The summed E-state index contributed by atoms with van der Waals surface area (Å²) >= 11 is 1.67. The highest BCUT2D eigenvalue weighted by molar-refractivity contribution is 7.99. The minimum Gasteiger partial charge on any atom is -0.486 e. The molecule has 1 fully saturated rings. The average Bonchev–Trinajstić information content (AvgIpc) is 2.94. The third-order valence-electron chi connectivity index (χ3n) is 6.97. The van der Waals surface area contributed by atoms with Crippen molar-refractivity contribution >= 4 is 39.1 Å². The molecule has 6 rings (SSSR count). The highest BCUT2D eigenvalue weighted by Crippen LogP contribution is 2.45. The number of nitrogens with one attached hydrogen (secondary N) is 1. The Bertz CT molecular complexity index is 1470. The van der Waals surface area contributed by atoms with Crippen LogP contribution < -0.4 is 14.8 Å². The molecule has 3 aliphatic rings. The molecule has 192 valence electrons. The van der Waals surface area contributed by atoms with Crippen LogP contribution in [0.2, 0.25) is 0 Å². The number of para-hydroxylation sites is 1.